The maximum atomic E-state index is 5.21. The van der Waals surface area contributed by atoms with Crippen molar-refractivity contribution >= 4 is 5.82 Å². The van der Waals surface area contributed by atoms with Gasteiger partial charge in [-0.2, -0.15) is 0 Å². The number of hydrogen-bond acceptors (Lipinski definition) is 5. The van der Waals surface area contributed by atoms with Gasteiger partial charge >= 0.3 is 0 Å². The molecule has 0 saturated carbocycles. The van der Waals surface area contributed by atoms with Crippen molar-refractivity contribution < 1.29 is 4.52 Å². The van der Waals surface area contributed by atoms with Crippen LogP contribution in [-0.4, -0.2) is 29.3 Å². The summed E-state index contributed by atoms with van der Waals surface area (Å²) < 4.78 is 5.21. The molecule has 1 fully saturated rings. The monoisotopic (exact) mass is 272 g/mol. The predicted octanol–water partition coefficient (Wildman–Crippen LogP) is 2.14. The molecule has 1 saturated heterocycles. The Morgan fingerprint density at radius 2 is 2.20 bits per heavy atom. The molecule has 0 bridgehead atoms. The van der Waals surface area contributed by atoms with Gasteiger partial charge in [-0.1, -0.05) is 11.2 Å². The summed E-state index contributed by atoms with van der Waals surface area (Å²) in [5, 5.41) is 7.44. The number of pyridine rings is 1. The number of aromatic nitrogens is 2. The van der Waals surface area contributed by atoms with Crippen LogP contribution in [0.2, 0.25) is 0 Å². The average molecular weight is 272 g/mol. The number of hydrogen-bond donors (Lipinski definition) is 1. The fourth-order valence-electron chi connectivity index (χ4n) is 2.60. The van der Waals surface area contributed by atoms with E-state index in [4.69, 9.17) is 4.52 Å². The molecule has 1 N–H and O–H groups in total. The SMILES string of the molecule is Cc1cc(CNC2CCN(c3ccccn3)CC2)on1. The minimum absolute atomic E-state index is 0.542. The summed E-state index contributed by atoms with van der Waals surface area (Å²) in [4.78, 5) is 6.75. The summed E-state index contributed by atoms with van der Waals surface area (Å²) in [6.45, 7) is 4.79. The van der Waals surface area contributed by atoms with Crippen LogP contribution < -0.4 is 10.2 Å². The van der Waals surface area contributed by atoms with E-state index in [0.717, 1.165) is 49.7 Å². The first-order valence-electron chi connectivity index (χ1n) is 7.13. The number of anilines is 1. The van der Waals surface area contributed by atoms with Gasteiger partial charge in [-0.3, -0.25) is 0 Å². The van der Waals surface area contributed by atoms with E-state index in [9.17, 15) is 0 Å². The van der Waals surface area contributed by atoms with E-state index >= 15 is 0 Å². The maximum absolute atomic E-state index is 5.21. The topological polar surface area (TPSA) is 54.2 Å². The molecule has 2 aromatic heterocycles. The van der Waals surface area contributed by atoms with Crippen molar-refractivity contribution in [2.24, 2.45) is 0 Å². The van der Waals surface area contributed by atoms with Gasteiger partial charge in [-0.15, -0.1) is 0 Å². The quantitative estimate of drug-likeness (QED) is 0.924. The molecule has 20 heavy (non-hydrogen) atoms. The lowest BCUT2D eigenvalue weighted by Gasteiger charge is -2.33. The Labute approximate surface area is 119 Å². The summed E-state index contributed by atoms with van der Waals surface area (Å²) in [7, 11) is 0. The van der Waals surface area contributed by atoms with Crippen LogP contribution in [0, 0.1) is 6.92 Å². The molecule has 0 spiro atoms. The van der Waals surface area contributed by atoms with Gasteiger partial charge in [0.25, 0.3) is 0 Å². The average Bonchev–Trinajstić information content (AvgIpc) is 2.92. The molecule has 0 amide bonds. The summed E-state index contributed by atoms with van der Waals surface area (Å²) in [5.41, 5.74) is 0.937. The van der Waals surface area contributed by atoms with Crippen LogP contribution in [0.5, 0.6) is 0 Å². The first kappa shape index (κ1) is 13.1. The zero-order valence-corrected chi connectivity index (χ0v) is 11.7. The molecule has 5 heteroatoms. The molecular formula is C15H20N4O. The van der Waals surface area contributed by atoms with Gasteiger partial charge in [-0.05, 0) is 31.9 Å². The van der Waals surface area contributed by atoms with Crippen molar-refractivity contribution in [3.63, 3.8) is 0 Å². The van der Waals surface area contributed by atoms with Gasteiger partial charge < -0.3 is 14.7 Å². The van der Waals surface area contributed by atoms with Crippen molar-refractivity contribution in [1.29, 1.82) is 0 Å². The predicted molar refractivity (Wildman–Crippen MR) is 77.6 cm³/mol. The summed E-state index contributed by atoms with van der Waals surface area (Å²) in [5.74, 6) is 1.99. The van der Waals surface area contributed by atoms with E-state index < -0.39 is 0 Å². The first-order chi connectivity index (χ1) is 9.81. The van der Waals surface area contributed by atoms with Crippen LogP contribution in [0.15, 0.2) is 35.0 Å². The van der Waals surface area contributed by atoms with Crippen LogP contribution in [0.1, 0.15) is 24.3 Å². The lowest BCUT2D eigenvalue weighted by atomic mass is 10.0. The molecular weight excluding hydrogens is 252 g/mol. The molecule has 0 unspecified atom stereocenters. The Morgan fingerprint density at radius 3 is 2.85 bits per heavy atom. The number of nitrogens with zero attached hydrogens (tertiary/aromatic N) is 3. The molecule has 0 radical (unpaired) electrons. The van der Waals surface area contributed by atoms with Gasteiger partial charge in [0.15, 0.2) is 5.76 Å². The summed E-state index contributed by atoms with van der Waals surface area (Å²) in [6.07, 6.45) is 4.11. The lowest BCUT2D eigenvalue weighted by Crippen LogP contribution is -2.42. The van der Waals surface area contributed by atoms with Crippen molar-refractivity contribution in [1.82, 2.24) is 15.5 Å². The van der Waals surface area contributed by atoms with Crippen LogP contribution in [0.3, 0.4) is 0 Å². The normalized spacial score (nSPS) is 16.6. The lowest BCUT2D eigenvalue weighted by molar-refractivity contribution is 0.344. The largest absolute Gasteiger partial charge is 0.360 e. The molecule has 2 aromatic rings. The molecule has 106 valence electrons. The van der Waals surface area contributed by atoms with Crippen molar-refractivity contribution in [3.8, 4) is 0 Å². The van der Waals surface area contributed by atoms with Gasteiger partial charge in [0.2, 0.25) is 0 Å². The highest BCUT2D eigenvalue weighted by molar-refractivity contribution is 5.38. The molecule has 1 aliphatic rings. The van der Waals surface area contributed by atoms with E-state index in [2.05, 4.69) is 26.4 Å². The Bertz CT molecular complexity index is 532. The number of piperidine rings is 1. The number of aryl methyl sites for hydroxylation is 1. The van der Waals surface area contributed by atoms with Crippen LogP contribution in [-0.2, 0) is 6.54 Å². The highest BCUT2D eigenvalue weighted by atomic mass is 16.5. The van der Waals surface area contributed by atoms with Crippen LogP contribution in [0.25, 0.3) is 0 Å². The third kappa shape index (κ3) is 3.17. The highest BCUT2D eigenvalue weighted by Crippen LogP contribution is 2.17. The van der Waals surface area contributed by atoms with E-state index in [1.54, 1.807) is 0 Å². The third-order valence-electron chi connectivity index (χ3n) is 3.71. The molecule has 0 aromatic carbocycles. The standard InChI is InChI=1S/C15H20N4O/c1-12-10-14(20-18-12)11-17-13-5-8-19(9-6-13)15-4-2-3-7-16-15/h2-4,7,10,13,17H,5-6,8-9,11H2,1H3. The fourth-order valence-corrected chi connectivity index (χ4v) is 2.60. The second-order valence-corrected chi connectivity index (χ2v) is 5.26. The molecule has 3 heterocycles. The Kier molecular flexibility index (Phi) is 3.97. The van der Waals surface area contributed by atoms with Crippen molar-refractivity contribution in [2.75, 3.05) is 18.0 Å². The second kappa shape index (κ2) is 6.05. The van der Waals surface area contributed by atoms with Crippen molar-refractivity contribution in [3.05, 3.63) is 41.9 Å². The summed E-state index contributed by atoms with van der Waals surface area (Å²) in [6, 6.07) is 8.59. The zero-order chi connectivity index (χ0) is 13.8. The first-order valence-corrected chi connectivity index (χ1v) is 7.13. The second-order valence-electron chi connectivity index (χ2n) is 5.26. The Balaban J connectivity index is 1.47. The Morgan fingerprint density at radius 1 is 1.35 bits per heavy atom. The Hall–Kier alpha value is -1.88. The minimum atomic E-state index is 0.542. The molecule has 0 atom stereocenters. The fraction of sp³-hybridized carbons (Fsp3) is 0.467. The number of rotatable bonds is 4. The molecule has 0 aliphatic carbocycles. The molecule has 1 aliphatic heterocycles. The minimum Gasteiger partial charge on any atom is -0.360 e. The molecule has 3 rings (SSSR count). The highest BCUT2D eigenvalue weighted by Gasteiger charge is 2.19. The maximum Gasteiger partial charge on any atom is 0.150 e. The van der Waals surface area contributed by atoms with Gasteiger partial charge in [0, 0.05) is 31.4 Å². The van der Waals surface area contributed by atoms with Gasteiger partial charge in [0.1, 0.15) is 5.82 Å². The smallest absolute Gasteiger partial charge is 0.150 e. The van der Waals surface area contributed by atoms with E-state index in [-0.39, 0.29) is 0 Å². The van der Waals surface area contributed by atoms with E-state index in [0.29, 0.717) is 6.04 Å². The van der Waals surface area contributed by atoms with Gasteiger partial charge in [0.05, 0.1) is 12.2 Å². The van der Waals surface area contributed by atoms with Gasteiger partial charge in [-0.25, -0.2) is 4.98 Å². The zero-order valence-electron chi connectivity index (χ0n) is 11.7. The van der Waals surface area contributed by atoms with E-state index in [1.807, 2.05) is 31.3 Å². The van der Waals surface area contributed by atoms with Crippen molar-refractivity contribution in [2.45, 2.75) is 32.4 Å². The molecule has 5 nitrogen and oxygen atoms in total. The van der Waals surface area contributed by atoms with Crippen LogP contribution in [0.4, 0.5) is 5.82 Å². The third-order valence-corrected chi connectivity index (χ3v) is 3.71. The number of nitrogens with one attached hydrogen (secondary N) is 1. The van der Waals surface area contributed by atoms with Crippen LogP contribution >= 0.6 is 0 Å². The van der Waals surface area contributed by atoms with E-state index in [1.165, 1.54) is 0 Å². The summed E-state index contributed by atoms with van der Waals surface area (Å²) >= 11 is 0.